The van der Waals surface area contributed by atoms with E-state index in [-0.39, 0.29) is 47.1 Å². The average Bonchev–Trinajstić information content (AvgIpc) is 3.41. The molecule has 1 atom stereocenters. The fraction of sp³-hybridized carbons (Fsp3) is 0.286. The first kappa shape index (κ1) is 28.1. The van der Waals surface area contributed by atoms with Gasteiger partial charge >= 0.3 is 10.1 Å². The quantitative estimate of drug-likeness (QED) is 0.369. The number of ether oxygens (including phenoxy) is 2. The second-order valence-electron chi connectivity index (χ2n) is 9.03. The van der Waals surface area contributed by atoms with Crippen LogP contribution in [0.5, 0.6) is 11.5 Å². The van der Waals surface area contributed by atoms with Gasteiger partial charge in [0.15, 0.2) is 11.5 Å². The lowest BCUT2D eigenvalue weighted by Gasteiger charge is -2.26. The van der Waals surface area contributed by atoms with Crippen LogP contribution < -0.4 is 14.2 Å². The number of carbonyl (C=O) groups is 2. The number of nitrogens with one attached hydrogen (secondary N) is 1. The molecule has 0 saturated carbocycles. The van der Waals surface area contributed by atoms with Crippen LogP contribution >= 0.6 is 0 Å². The van der Waals surface area contributed by atoms with Crippen LogP contribution in [0.1, 0.15) is 35.7 Å². The number of nitrogens with zero attached hydrogens (tertiary/aromatic N) is 1. The standard InChI is InChI=1S/C28H29FN2O7S/c1-19(32)30-21-10-12-23(13-11-21)39(34,35)38-27-16-20(9-14-26(27)36-2)17-31(18-22-6-5-15-37-22)28(33)24-7-3-4-8-25(24)29/h3-4,7-14,16,22H,5-6,15,17-18H2,1-2H3,(H,30,32). The average molecular weight is 557 g/mol. The summed E-state index contributed by atoms with van der Waals surface area (Å²) >= 11 is 0. The zero-order valence-corrected chi connectivity index (χ0v) is 22.4. The normalized spacial score (nSPS) is 15.0. The Kier molecular flexibility index (Phi) is 8.82. The van der Waals surface area contributed by atoms with E-state index in [4.69, 9.17) is 13.7 Å². The van der Waals surface area contributed by atoms with Gasteiger partial charge in [-0.3, -0.25) is 9.59 Å². The van der Waals surface area contributed by atoms with Crippen LogP contribution in [0.4, 0.5) is 10.1 Å². The summed E-state index contributed by atoms with van der Waals surface area (Å²) < 4.78 is 56.9. The van der Waals surface area contributed by atoms with E-state index < -0.39 is 21.8 Å². The smallest absolute Gasteiger partial charge is 0.339 e. The number of methoxy groups -OCH3 is 1. The molecular weight excluding hydrogens is 527 g/mol. The first-order chi connectivity index (χ1) is 18.7. The van der Waals surface area contributed by atoms with Crippen molar-refractivity contribution >= 4 is 27.6 Å². The second-order valence-corrected chi connectivity index (χ2v) is 10.6. The molecule has 39 heavy (non-hydrogen) atoms. The third-order valence-electron chi connectivity index (χ3n) is 6.10. The fourth-order valence-electron chi connectivity index (χ4n) is 4.24. The van der Waals surface area contributed by atoms with Crippen molar-refractivity contribution in [2.75, 3.05) is 25.6 Å². The van der Waals surface area contributed by atoms with Gasteiger partial charge in [-0.2, -0.15) is 8.42 Å². The number of hydrogen-bond donors (Lipinski definition) is 1. The van der Waals surface area contributed by atoms with Crippen molar-refractivity contribution in [3.05, 3.63) is 83.7 Å². The molecule has 3 aromatic rings. The molecule has 1 N–H and O–H groups in total. The van der Waals surface area contributed by atoms with Crippen molar-refractivity contribution < 1.29 is 36.1 Å². The van der Waals surface area contributed by atoms with Gasteiger partial charge in [-0.05, 0) is 66.9 Å². The van der Waals surface area contributed by atoms with Gasteiger partial charge in [0, 0.05) is 32.3 Å². The van der Waals surface area contributed by atoms with E-state index in [1.165, 1.54) is 73.5 Å². The van der Waals surface area contributed by atoms with E-state index in [1.54, 1.807) is 12.1 Å². The largest absolute Gasteiger partial charge is 0.493 e. The lowest BCUT2D eigenvalue weighted by atomic mass is 10.1. The highest BCUT2D eigenvalue weighted by Gasteiger charge is 2.26. The van der Waals surface area contributed by atoms with Crippen molar-refractivity contribution in [3.63, 3.8) is 0 Å². The highest BCUT2D eigenvalue weighted by Crippen LogP contribution is 2.32. The Morgan fingerprint density at radius 2 is 1.82 bits per heavy atom. The molecule has 11 heteroatoms. The zero-order valence-electron chi connectivity index (χ0n) is 21.6. The molecule has 1 fully saturated rings. The SMILES string of the molecule is COc1ccc(CN(CC2CCCO2)C(=O)c2ccccc2F)cc1OS(=O)(=O)c1ccc(NC(C)=O)cc1. The van der Waals surface area contributed by atoms with E-state index in [0.29, 0.717) is 17.9 Å². The van der Waals surface area contributed by atoms with Crippen molar-refractivity contribution in [1.82, 2.24) is 4.90 Å². The molecule has 1 unspecified atom stereocenters. The number of carbonyl (C=O) groups excluding carboxylic acids is 2. The predicted octanol–water partition coefficient (Wildman–Crippen LogP) is 4.38. The molecule has 1 aliphatic heterocycles. The molecule has 2 amide bonds. The third kappa shape index (κ3) is 7.12. The van der Waals surface area contributed by atoms with Gasteiger partial charge in [-0.15, -0.1) is 0 Å². The van der Waals surface area contributed by atoms with Crippen LogP contribution in [0.3, 0.4) is 0 Å². The molecule has 0 aliphatic carbocycles. The van der Waals surface area contributed by atoms with Gasteiger partial charge in [0.2, 0.25) is 5.91 Å². The second kappa shape index (κ2) is 12.3. The molecule has 1 heterocycles. The Morgan fingerprint density at radius 1 is 1.08 bits per heavy atom. The highest BCUT2D eigenvalue weighted by atomic mass is 32.2. The van der Waals surface area contributed by atoms with Crippen LogP contribution in [0.2, 0.25) is 0 Å². The Morgan fingerprint density at radius 3 is 2.46 bits per heavy atom. The van der Waals surface area contributed by atoms with Gasteiger partial charge in [-0.25, -0.2) is 4.39 Å². The maximum Gasteiger partial charge on any atom is 0.339 e. The molecule has 1 saturated heterocycles. The summed E-state index contributed by atoms with van der Waals surface area (Å²) in [6.07, 6.45) is 1.46. The monoisotopic (exact) mass is 556 g/mol. The first-order valence-electron chi connectivity index (χ1n) is 12.3. The van der Waals surface area contributed by atoms with Gasteiger partial charge in [0.05, 0.1) is 18.8 Å². The zero-order chi connectivity index (χ0) is 28.0. The van der Waals surface area contributed by atoms with Gasteiger partial charge in [0.25, 0.3) is 5.91 Å². The molecule has 9 nitrogen and oxygen atoms in total. The minimum atomic E-state index is -4.26. The van der Waals surface area contributed by atoms with Crippen LogP contribution in [0.15, 0.2) is 71.6 Å². The van der Waals surface area contributed by atoms with Crippen LogP contribution in [0, 0.1) is 5.82 Å². The fourth-order valence-corrected chi connectivity index (χ4v) is 5.17. The maximum absolute atomic E-state index is 14.4. The first-order valence-corrected chi connectivity index (χ1v) is 13.7. The molecule has 4 rings (SSSR count). The van der Waals surface area contributed by atoms with Gasteiger partial charge < -0.3 is 23.9 Å². The van der Waals surface area contributed by atoms with Crippen molar-refractivity contribution in [2.24, 2.45) is 0 Å². The van der Waals surface area contributed by atoms with Gasteiger partial charge in [-0.1, -0.05) is 18.2 Å². The molecule has 1 aliphatic rings. The number of anilines is 1. The third-order valence-corrected chi connectivity index (χ3v) is 7.35. The van der Waals surface area contributed by atoms with E-state index in [2.05, 4.69) is 5.32 Å². The lowest BCUT2D eigenvalue weighted by molar-refractivity contribution is -0.114. The van der Waals surface area contributed by atoms with E-state index in [9.17, 15) is 22.4 Å². The summed E-state index contributed by atoms with van der Waals surface area (Å²) in [7, 11) is -2.89. The number of hydrogen-bond acceptors (Lipinski definition) is 7. The summed E-state index contributed by atoms with van der Waals surface area (Å²) in [4.78, 5) is 25.9. The van der Waals surface area contributed by atoms with Crippen LogP contribution in [0.25, 0.3) is 0 Å². The van der Waals surface area contributed by atoms with Crippen molar-refractivity contribution in [3.8, 4) is 11.5 Å². The molecule has 3 aromatic carbocycles. The molecule has 0 spiro atoms. The Labute approximate surface area is 226 Å². The van der Waals surface area contributed by atoms with Crippen molar-refractivity contribution in [2.45, 2.75) is 37.3 Å². The Bertz CT molecular complexity index is 1440. The van der Waals surface area contributed by atoms with E-state index in [1.807, 2.05) is 0 Å². The maximum atomic E-state index is 14.4. The number of benzene rings is 3. The topological polar surface area (TPSA) is 111 Å². The summed E-state index contributed by atoms with van der Waals surface area (Å²) in [6.45, 7) is 2.24. The minimum absolute atomic E-state index is 0.0544. The van der Waals surface area contributed by atoms with E-state index in [0.717, 1.165) is 12.8 Å². The van der Waals surface area contributed by atoms with Crippen LogP contribution in [-0.2, 0) is 26.2 Å². The van der Waals surface area contributed by atoms with Gasteiger partial charge in [0.1, 0.15) is 10.7 Å². The molecule has 206 valence electrons. The summed E-state index contributed by atoms with van der Waals surface area (Å²) in [5.74, 6) is -1.33. The molecular formula is C28H29FN2O7S. The summed E-state index contributed by atoms with van der Waals surface area (Å²) in [6, 6.07) is 16.0. The predicted molar refractivity (Wildman–Crippen MR) is 142 cm³/mol. The Hall–Kier alpha value is -3.96. The lowest BCUT2D eigenvalue weighted by Crippen LogP contribution is -2.37. The molecule has 0 radical (unpaired) electrons. The summed E-state index contributed by atoms with van der Waals surface area (Å²) in [5, 5.41) is 2.57. The highest BCUT2D eigenvalue weighted by molar-refractivity contribution is 7.87. The summed E-state index contributed by atoms with van der Waals surface area (Å²) in [5.41, 5.74) is 0.919. The van der Waals surface area contributed by atoms with Crippen LogP contribution in [-0.4, -0.2) is 51.5 Å². The Balaban J connectivity index is 1.59. The number of halogens is 1. The molecule has 0 bridgehead atoms. The minimum Gasteiger partial charge on any atom is -0.493 e. The van der Waals surface area contributed by atoms with E-state index >= 15 is 0 Å². The molecule has 0 aromatic heterocycles. The number of amides is 2. The number of rotatable bonds is 10. The van der Waals surface area contributed by atoms with Crippen molar-refractivity contribution in [1.29, 1.82) is 0 Å².